The van der Waals surface area contributed by atoms with Gasteiger partial charge in [0.05, 0.1) is 11.0 Å². The number of carbonyl (C=O) groups excluding carboxylic acids is 1. The van der Waals surface area contributed by atoms with E-state index in [1.54, 1.807) is 62.4 Å². The predicted molar refractivity (Wildman–Crippen MR) is 106 cm³/mol. The van der Waals surface area contributed by atoms with Gasteiger partial charge in [0, 0.05) is 28.1 Å². The molecular weight excluding hydrogens is 375 g/mol. The van der Waals surface area contributed by atoms with Crippen molar-refractivity contribution in [3.63, 3.8) is 0 Å². The lowest BCUT2D eigenvalue weighted by atomic mass is 9.98. The minimum atomic E-state index is -1.68. The van der Waals surface area contributed by atoms with Gasteiger partial charge >= 0.3 is 0 Å². The number of alkyl halides is 1. The summed E-state index contributed by atoms with van der Waals surface area (Å²) in [5.74, 6) is -0.272. The van der Waals surface area contributed by atoms with E-state index in [0.29, 0.717) is 21.8 Å². The van der Waals surface area contributed by atoms with Gasteiger partial charge in [0.1, 0.15) is 5.67 Å². The number of amides is 1. The first-order chi connectivity index (χ1) is 12.2. The minimum absolute atomic E-state index is 0.0612. The van der Waals surface area contributed by atoms with Gasteiger partial charge in [-0.25, -0.2) is 13.3 Å². The molecule has 4 nitrogen and oxygen atoms in total. The molecule has 0 saturated heterocycles. The maximum atomic E-state index is 14.8. The van der Waals surface area contributed by atoms with Crippen LogP contribution in [0, 0.1) is 0 Å². The first-order valence-electron chi connectivity index (χ1n) is 8.19. The molecule has 0 bridgehead atoms. The molecule has 0 radical (unpaired) electrons. The van der Waals surface area contributed by atoms with Gasteiger partial charge in [-0.1, -0.05) is 23.7 Å². The van der Waals surface area contributed by atoms with E-state index in [-0.39, 0.29) is 17.7 Å². The minimum Gasteiger partial charge on any atom is -0.322 e. The number of halogens is 2. The molecule has 7 heteroatoms. The van der Waals surface area contributed by atoms with Gasteiger partial charge in [0.25, 0.3) is 5.91 Å². The fraction of sp³-hybridized carbons (Fsp3) is 0.316. The number of hydrogen-bond donors (Lipinski definition) is 2. The topological polar surface area (TPSA) is 58.2 Å². The van der Waals surface area contributed by atoms with Crippen molar-refractivity contribution in [1.82, 2.24) is 4.72 Å². The summed E-state index contributed by atoms with van der Waals surface area (Å²) >= 11 is 5.81. The molecule has 0 aliphatic carbocycles. The molecule has 140 valence electrons. The Hall–Kier alpha value is -1.76. The van der Waals surface area contributed by atoms with Gasteiger partial charge in [-0.15, -0.1) is 0 Å². The number of nitrogens with one attached hydrogen (secondary N) is 2. The number of carbonyl (C=O) groups is 1. The second-order valence-electron chi connectivity index (χ2n) is 6.40. The fourth-order valence-electron chi connectivity index (χ4n) is 2.18. The Labute approximate surface area is 160 Å². The van der Waals surface area contributed by atoms with Crippen molar-refractivity contribution in [1.29, 1.82) is 0 Å². The second-order valence-corrected chi connectivity index (χ2v) is 8.67. The van der Waals surface area contributed by atoms with E-state index in [1.165, 1.54) is 6.92 Å². The quantitative estimate of drug-likeness (QED) is 0.726. The highest BCUT2D eigenvalue weighted by atomic mass is 35.5. The smallest absolute Gasteiger partial charge is 0.255 e. The zero-order valence-corrected chi connectivity index (χ0v) is 16.5. The van der Waals surface area contributed by atoms with Crippen LogP contribution < -0.4 is 10.0 Å². The zero-order valence-electron chi connectivity index (χ0n) is 14.9. The number of benzene rings is 2. The monoisotopic (exact) mass is 396 g/mol. The lowest BCUT2D eigenvalue weighted by Crippen LogP contribution is -2.35. The number of rotatable bonds is 7. The largest absolute Gasteiger partial charge is 0.322 e. The standard InChI is InChI=1S/C19H22ClFN2O2S/c1-13(2)26(25)22-12-19(3,21)15-6-10-17(11-7-15)23-18(24)14-4-8-16(20)9-5-14/h4-11,13,22H,12H2,1-3H3,(H,23,24). The molecule has 2 unspecified atom stereocenters. The van der Waals surface area contributed by atoms with Gasteiger partial charge < -0.3 is 5.32 Å². The van der Waals surface area contributed by atoms with Gasteiger partial charge in [0.15, 0.2) is 0 Å². The highest BCUT2D eigenvalue weighted by Crippen LogP contribution is 2.26. The van der Waals surface area contributed by atoms with E-state index >= 15 is 0 Å². The molecule has 0 aliphatic heterocycles. The molecule has 0 saturated carbocycles. The van der Waals surface area contributed by atoms with Gasteiger partial charge in [-0.2, -0.15) is 0 Å². The lowest BCUT2D eigenvalue weighted by molar-refractivity contribution is 0.102. The Morgan fingerprint density at radius 3 is 2.27 bits per heavy atom. The number of anilines is 1. The van der Waals surface area contributed by atoms with Crippen molar-refractivity contribution < 1.29 is 13.4 Å². The lowest BCUT2D eigenvalue weighted by Gasteiger charge is -2.22. The predicted octanol–water partition coefficient (Wildman–Crippen LogP) is 4.44. The summed E-state index contributed by atoms with van der Waals surface area (Å²) in [7, 11) is -1.28. The van der Waals surface area contributed by atoms with Gasteiger partial charge in [0.2, 0.25) is 0 Å². The van der Waals surface area contributed by atoms with Crippen LogP contribution in [0.1, 0.15) is 36.7 Å². The summed E-state index contributed by atoms with van der Waals surface area (Å²) in [6.45, 7) is 4.97. The van der Waals surface area contributed by atoms with Gasteiger partial charge in [-0.05, 0) is 62.7 Å². The molecule has 1 amide bonds. The summed E-state index contributed by atoms with van der Waals surface area (Å²) in [5, 5.41) is 3.22. The van der Waals surface area contributed by atoms with Crippen molar-refractivity contribution in [2.75, 3.05) is 11.9 Å². The van der Waals surface area contributed by atoms with Crippen LogP contribution in [-0.2, 0) is 16.7 Å². The molecule has 0 heterocycles. The Kier molecular flexibility index (Phi) is 6.92. The molecule has 2 aromatic rings. The summed E-state index contributed by atoms with van der Waals surface area (Å²) in [6.07, 6.45) is 0. The van der Waals surface area contributed by atoms with E-state index in [4.69, 9.17) is 11.6 Å². The van der Waals surface area contributed by atoms with Crippen LogP contribution in [0.3, 0.4) is 0 Å². The summed E-state index contributed by atoms with van der Waals surface area (Å²) < 4.78 is 29.3. The molecule has 2 N–H and O–H groups in total. The molecule has 2 rings (SSSR count). The van der Waals surface area contributed by atoms with Crippen LogP contribution in [-0.4, -0.2) is 21.9 Å². The normalized spacial score (nSPS) is 14.7. The Bertz CT molecular complexity index is 777. The maximum Gasteiger partial charge on any atom is 0.255 e. The molecule has 2 atom stereocenters. The highest BCUT2D eigenvalue weighted by Gasteiger charge is 2.26. The van der Waals surface area contributed by atoms with E-state index in [9.17, 15) is 13.4 Å². The average molecular weight is 397 g/mol. The third-order valence-electron chi connectivity index (χ3n) is 3.83. The fourth-order valence-corrected chi connectivity index (χ4v) is 3.05. The van der Waals surface area contributed by atoms with E-state index in [0.717, 1.165) is 0 Å². The third kappa shape index (κ3) is 5.62. The molecule has 0 aromatic heterocycles. The van der Waals surface area contributed by atoms with Crippen LogP contribution in [0.25, 0.3) is 0 Å². The average Bonchev–Trinajstić information content (AvgIpc) is 2.60. The Morgan fingerprint density at radius 2 is 1.73 bits per heavy atom. The van der Waals surface area contributed by atoms with Gasteiger partial charge in [-0.3, -0.25) is 4.79 Å². The molecule has 0 spiro atoms. The Morgan fingerprint density at radius 1 is 1.15 bits per heavy atom. The maximum absolute atomic E-state index is 14.8. The SMILES string of the molecule is CC(C)S(=O)NCC(C)(F)c1ccc(NC(=O)c2ccc(Cl)cc2)cc1. The van der Waals surface area contributed by atoms with Crippen molar-refractivity contribution in [3.05, 3.63) is 64.7 Å². The van der Waals surface area contributed by atoms with Crippen LogP contribution in [0.5, 0.6) is 0 Å². The van der Waals surface area contributed by atoms with Crippen molar-refractivity contribution >= 4 is 34.2 Å². The molecule has 0 fully saturated rings. The van der Waals surface area contributed by atoms with E-state index < -0.39 is 16.7 Å². The zero-order chi connectivity index (χ0) is 19.3. The second kappa shape index (κ2) is 8.75. The van der Waals surface area contributed by atoms with Crippen LogP contribution in [0.2, 0.25) is 5.02 Å². The third-order valence-corrected chi connectivity index (χ3v) is 5.36. The van der Waals surface area contributed by atoms with E-state index in [2.05, 4.69) is 10.0 Å². The molecule has 26 heavy (non-hydrogen) atoms. The first kappa shape index (κ1) is 20.6. The summed E-state index contributed by atoms with van der Waals surface area (Å²) in [5.41, 5.74) is -0.198. The van der Waals surface area contributed by atoms with Crippen LogP contribution in [0.15, 0.2) is 48.5 Å². The summed E-state index contributed by atoms with van der Waals surface area (Å²) in [6, 6.07) is 13.0. The molecule has 2 aromatic carbocycles. The van der Waals surface area contributed by atoms with Crippen molar-refractivity contribution in [2.24, 2.45) is 0 Å². The highest BCUT2D eigenvalue weighted by molar-refractivity contribution is 7.83. The molecule has 0 aliphatic rings. The summed E-state index contributed by atoms with van der Waals surface area (Å²) in [4.78, 5) is 12.2. The van der Waals surface area contributed by atoms with Crippen LogP contribution in [0.4, 0.5) is 10.1 Å². The van der Waals surface area contributed by atoms with Crippen molar-refractivity contribution in [2.45, 2.75) is 31.7 Å². The van der Waals surface area contributed by atoms with E-state index in [1.807, 2.05) is 0 Å². The Balaban J connectivity index is 2.01. The first-order valence-corrected chi connectivity index (χ1v) is 9.78. The van der Waals surface area contributed by atoms with Crippen LogP contribution >= 0.6 is 11.6 Å². The molecular formula is C19H22ClFN2O2S. The van der Waals surface area contributed by atoms with Crippen molar-refractivity contribution in [3.8, 4) is 0 Å². The number of hydrogen-bond acceptors (Lipinski definition) is 2.